The number of benzene rings is 1. The molecule has 0 amide bonds. The van der Waals surface area contributed by atoms with Crippen molar-refractivity contribution in [2.24, 2.45) is 0 Å². The van der Waals surface area contributed by atoms with Gasteiger partial charge in [0, 0.05) is 0 Å². The Hall–Kier alpha value is -2.10. The maximum absolute atomic E-state index is 12.3. The van der Waals surface area contributed by atoms with E-state index in [0.717, 1.165) is 31.2 Å². The van der Waals surface area contributed by atoms with Crippen molar-refractivity contribution in [1.82, 2.24) is 9.55 Å². The molecule has 1 saturated carbocycles. The number of ether oxygens (including phenoxy) is 1. The monoisotopic (exact) mass is 284 g/mol. The lowest BCUT2D eigenvalue weighted by molar-refractivity contribution is 0.0304. The molecule has 1 heterocycles. The Labute approximate surface area is 124 Å². The average Bonchev–Trinajstić information content (AvgIpc) is 3.18. The van der Waals surface area contributed by atoms with Gasteiger partial charge in [-0.15, -0.1) is 0 Å². The zero-order chi connectivity index (χ0) is 14.7. The van der Waals surface area contributed by atoms with Crippen LogP contribution in [0.4, 0.5) is 0 Å². The highest BCUT2D eigenvalue weighted by molar-refractivity contribution is 5.87. The van der Waals surface area contributed by atoms with Crippen molar-refractivity contribution in [3.63, 3.8) is 0 Å². The van der Waals surface area contributed by atoms with Gasteiger partial charge in [-0.3, -0.25) is 0 Å². The third-order valence-corrected chi connectivity index (χ3v) is 4.15. The number of esters is 1. The number of nitrogens with zero attached hydrogens (tertiary/aromatic N) is 2. The van der Waals surface area contributed by atoms with Gasteiger partial charge in [0.15, 0.2) is 0 Å². The maximum atomic E-state index is 12.3. The fraction of sp³-hybridized carbons (Fsp3) is 0.412. The predicted octanol–water partition coefficient (Wildman–Crippen LogP) is 3.59. The maximum Gasteiger partial charge on any atom is 0.356 e. The minimum absolute atomic E-state index is 0.0554. The molecule has 0 N–H and O–H groups in total. The largest absolute Gasteiger partial charge is 0.458 e. The lowest BCUT2D eigenvalue weighted by Gasteiger charge is -2.17. The second-order valence-electron chi connectivity index (χ2n) is 5.58. The normalized spacial score (nSPS) is 16.8. The van der Waals surface area contributed by atoms with Crippen molar-refractivity contribution in [1.29, 1.82) is 0 Å². The lowest BCUT2D eigenvalue weighted by Crippen LogP contribution is -2.19. The molecule has 4 nitrogen and oxygen atoms in total. The molecule has 1 aromatic carbocycles. The van der Waals surface area contributed by atoms with Crippen molar-refractivity contribution in [2.75, 3.05) is 0 Å². The Morgan fingerprint density at radius 3 is 2.71 bits per heavy atom. The van der Waals surface area contributed by atoms with Crippen LogP contribution in [0.25, 0.3) is 0 Å². The molecule has 4 heteroatoms. The van der Waals surface area contributed by atoms with E-state index in [1.165, 1.54) is 0 Å². The number of carbonyl (C=O) groups excluding carboxylic acids is 1. The molecule has 1 aromatic heterocycles. The minimum Gasteiger partial charge on any atom is -0.458 e. The zero-order valence-corrected chi connectivity index (χ0v) is 12.2. The summed E-state index contributed by atoms with van der Waals surface area (Å²) in [5.41, 5.74) is 1.67. The Kier molecular flexibility index (Phi) is 4.04. The quantitative estimate of drug-likeness (QED) is 0.806. The van der Waals surface area contributed by atoms with Crippen LogP contribution in [0.3, 0.4) is 0 Å². The summed E-state index contributed by atoms with van der Waals surface area (Å²) in [6.45, 7) is 2.06. The highest BCUT2D eigenvalue weighted by Crippen LogP contribution is 2.24. The van der Waals surface area contributed by atoms with Crippen LogP contribution < -0.4 is 0 Å². The zero-order valence-electron chi connectivity index (χ0n) is 12.2. The molecule has 0 radical (unpaired) electrons. The second kappa shape index (κ2) is 6.12. The summed E-state index contributed by atoms with van der Waals surface area (Å²) in [5, 5.41) is 0. The molecule has 0 aliphatic heterocycles. The van der Waals surface area contributed by atoms with Crippen LogP contribution in [0.2, 0.25) is 0 Å². The van der Waals surface area contributed by atoms with Crippen molar-refractivity contribution < 1.29 is 9.53 Å². The topological polar surface area (TPSA) is 44.1 Å². The molecule has 1 fully saturated rings. The van der Waals surface area contributed by atoms with Gasteiger partial charge >= 0.3 is 5.97 Å². The first-order chi connectivity index (χ1) is 10.3. The predicted molar refractivity (Wildman–Crippen MR) is 80.2 cm³/mol. The number of hydrogen-bond acceptors (Lipinski definition) is 3. The molecule has 3 rings (SSSR count). The van der Waals surface area contributed by atoms with Crippen molar-refractivity contribution in [2.45, 2.75) is 44.8 Å². The molecular formula is C17H20N2O2. The number of imidazole rings is 1. The van der Waals surface area contributed by atoms with Crippen LogP contribution in [0.15, 0.2) is 42.9 Å². The molecule has 0 bridgehead atoms. The third-order valence-electron chi connectivity index (χ3n) is 4.15. The van der Waals surface area contributed by atoms with Crippen molar-refractivity contribution >= 4 is 5.97 Å². The SMILES string of the molecule is C[C@H](c1ccccc1)n1cncc1C(=O)OC1CCCC1. The molecule has 1 aliphatic rings. The van der Waals surface area contributed by atoms with Gasteiger partial charge in [0.2, 0.25) is 0 Å². The second-order valence-corrected chi connectivity index (χ2v) is 5.58. The van der Waals surface area contributed by atoms with Crippen molar-refractivity contribution in [3.05, 3.63) is 54.1 Å². The van der Waals surface area contributed by atoms with E-state index in [1.54, 1.807) is 12.5 Å². The van der Waals surface area contributed by atoms with Gasteiger partial charge in [0.25, 0.3) is 0 Å². The van der Waals surface area contributed by atoms with Crippen LogP contribution in [0, 0.1) is 0 Å². The molecule has 0 spiro atoms. The first kappa shape index (κ1) is 13.9. The van der Waals surface area contributed by atoms with Gasteiger partial charge in [0.1, 0.15) is 11.8 Å². The standard InChI is InChI=1S/C17H20N2O2/c1-13(14-7-3-2-4-8-14)19-12-18-11-16(19)17(20)21-15-9-5-6-10-15/h2-4,7-8,11-13,15H,5-6,9-10H2,1H3/t13-/m1/s1. The summed E-state index contributed by atoms with van der Waals surface area (Å²) in [7, 11) is 0. The molecule has 110 valence electrons. The van der Waals surface area contributed by atoms with Crippen LogP contribution in [-0.2, 0) is 4.74 Å². The fourth-order valence-corrected chi connectivity index (χ4v) is 2.88. The van der Waals surface area contributed by atoms with E-state index in [2.05, 4.69) is 24.0 Å². The van der Waals surface area contributed by atoms with Gasteiger partial charge in [0.05, 0.1) is 18.6 Å². The van der Waals surface area contributed by atoms with Crippen LogP contribution >= 0.6 is 0 Å². The van der Waals surface area contributed by atoms with E-state index in [4.69, 9.17) is 4.74 Å². The summed E-state index contributed by atoms with van der Waals surface area (Å²) in [6.07, 6.45) is 7.63. The Morgan fingerprint density at radius 2 is 2.00 bits per heavy atom. The summed E-state index contributed by atoms with van der Waals surface area (Å²) in [4.78, 5) is 16.5. The fourth-order valence-electron chi connectivity index (χ4n) is 2.88. The minimum atomic E-state index is -0.262. The van der Waals surface area contributed by atoms with E-state index in [9.17, 15) is 4.79 Å². The lowest BCUT2D eigenvalue weighted by atomic mass is 10.1. The summed E-state index contributed by atoms with van der Waals surface area (Å²) >= 11 is 0. The van der Waals surface area contributed by atoms with E-state index < -0.39 is 0 Å². The van der Waals surface area contributed by atoms with E-state index >= 15 is 0 Å². The van der Waals surface area contributed by atoms with E-state index in [1.807, 2.05) is 22.8 Å². The molecule has 0 saturated heterocycles. The first-order valence-electron chi connectivity index (χ1n) is 7.53. The number of hydrogen-bond donors (Lipinski definition) is 0. The summed E-state index contributed by atoms with van der Waals surface area (Å²) in [6, 6.07) is 10.1. The summed E-state index contributed by atoms with van der Waals surface area (Å²) in [5.74, 6) is -0.262. The van der Waals surface area contributed by atoms with Gasteiger partial charge < -0.3 is 9.30 Å². The number of rotatable bonds is 4. The average molecular weight is 284 g/mol. The van der Waals surface area contributed by atoms with E-state index in [0.29, 0.717) is 5.69 Å². The Balaban J connectivity index is 1.78. The Bertz CT molecular complexity index is 600. The highest BCUT2D eigenvalue weighted by Gasteiger charge is 2.23. The molecule has 0 unspecified atom stereocenters. The van der Waals surface area contributed by atoms with Crippen LogP contribution in [-0.4, -0.2) is 21.6 Å². The molecular weight excluding hydrogens is 264 g/mol. The molecule has 2 aromatic rings. The first-order valence-corrected chi connectivity index (χ1v) is 7.53. The van der Waals surface area contributed by atoms with Gasteiger partial charge in [-0.2, -0.15) is 0 Å². The highest BCUT2D eigenvalue weighted by atomic mass is 16.5. The van der Waals surface area contributed by atoms with Crippen LogP contribution in [0.1, 0.15) is 54.7 Å². The Morgan fingerprint density at radius 1 is 1.29 bits per heavy atom. The molecule has 21 heavy (non-hydrogen) atoms. The van der Waals surface area contributed by atoms with Gasteiger partial charge in [-0.25, -0.2) is 9.78 Å². The third kappa shape index (κ3) is 2.99. The summed E-state index contributed by atoms with van der Waals surface area (Å²) < 4.78 is 7.46. The van der Waals surface area contributed by atoms with Crippen molar-refractivity contribution in [3.8, 4) is 0 Å². The number of carbonyl (C=O) groups is 1. The van der Waals surface area contributed by atoms with Crippen LogP contribution in [0.5, 0.6) is 0 Å². The van der Waals surface area contributed by atoms with E-state index in [-0.39, 0.29) is 18.1 Å². The molecule has 1 aliphatic carbocycles. The smallest absolute Gasteiger partial charge is 0.356 e. The van der Waals surface area contributed by atoms with Gasteiger partial charge in [-0.05, 0) is 38.2 Å². The number of aromatic nitrogens is 2. The van der Waals surface area contributed by atoms with Gasteiger partial charge in [-0.1, -0.05) is 30.3 Å². The molecule has 1 atom stereocenters.